The van der Waals surface area contributed by atoms with Crippen LogP contribution in [-0.2, 0) is 0 Å². The summed E-state index contributed by atoms with van der Waals surface area (Å²) in [5.41, 5.74) is 0.999. The number of rotatable bonds is 5. The molecule has 10 nitrogen and oxygen atoms in total. The molecule has 0 unspecified atom stereocenters. The zero-order valence-corrected chi connectivity index (χ0v) is 15.5. The Morgan fingerprint density at radius 3 is 2.68 bits per heavy atom. The maximum Gasteiger partial charge on any atom is 0.339 e. The number of thiol groups is 1. The van der Waals surface area contributed by atoms with Crippen LogP contribution in [0.1, 0.15) is 17.3 Å². The Balaban J connectivity index is 1.88. The highest BCUT2D eigenvalue weighted by Crippen LogP contribution is 2.25. The molecule has 3 rings (SSSR count). The number of phenols is 1. The maximum atomic E-state index is 11.9. The molecule has 0 fully saturated rings. The molecule has 0 saturated heterocycles. The van der Waals surface area contributed by atoms with E-state index in [9.17, 15) is 14.7 Å². The minimum Gasteiger partial charge on any atom is -0.507 e. The van der Waals surface area contributed by atoms with Crippen LogP contribution in [0, 0.1) is 0 Å². The van der Waals surface area contributed by atoms with Crippen molar-refractivity contribution in [2.24, 2.45) is 0 Å². The number of nitrogens with zero attached hydrogens (tertiary/aromatic N) is 4. The second kappa shape index (κ2) is 7.96. The van der Waals surface area contributed by atoms with Crippen molar-refractivity contribution >= 4 is 53.3 Å². The highest BCUT2D eigenvalue weighted by Gasteiger charge is 2.14. The molecule has 1 aromatic carbocycles. The van der Waals surface area contributed by atoms with Gasteiger partial charge in [0.15, 0.2) is 11.5 Å². The average Bonchev–Trinajstić information content (AvgIpc) is 2.66. The van der Waals surface area contributed by atoms with Gasteiger partial charge in [0.2, 0.25) is 0 Å². The number of carboxylic acid groups (broad SMARTS) is 1. The lowest BCUT2D eigenvalue weighted by molar-refractivity contribution is 0.0693. The highest BCUT2D eigenvalue weighted by molar-refractivity contribution is 7.82. The van der Waals surface area contributed by atoms with Gasteiger partial charge in [-0.1, -0.05) is 12.8 Å². The summed E-state index contributed by atoms with van der Waals surface area (Å²) in [6.07, 6.45) is 1.47. The molecule has 0 radical (unpaired) electrons. The Morgan fingerprint density at radius 1 is 1.21 bits per heavy atom. The molecule has 144 valence electrons. The van der Waals surface area contributed by atoms with E-state index in [1.165, 1.54) is 24.4 Å². The van der Waals surface area contributed by atoms with Crippen LogP contribution in [0.5, 0.6) is 5.75 Å². The number of hydrogen-bond acceptors (Lipinski definition) is 8. The molecule has 11 heteroatoms. The SMILES string of the molecule is CCNC(=O)N(S)c1ccc2ncc(Nc3ccc(C(=O)O)c(O)c3)nc2n1. The quantitative estimate of drug-likeness (QED) is 0.412. The largest absolute Gasteiger partial charge is 0.507 e. The zero-order chi connectivity index (χ0) is 20.3. The van der Waals surface area contributed by atoms with E-state index in [1.807, 2.05) is 0 Å². The molecule has 2 amide bonds. The van der Waals surface area contributed by atoms with Crippen LogP contribution in [-0.4, -0.2) is 43.7 Å². The predicted octanol–water partition coefficient (Wildman–Crippen LogP) is 2.55. The number of amides is 2. The number of urea groups is 1. The van der Waals surface area contributed by atoms with Crippen LogP contribution in [0.15, 0.2) is 36.5 Å². The van der Waals surface area contributed by atoms with E-state index in [-0.39, 0.29) is 22.8 Å². The van der Waals surface area contributed by atoms with Gasteiger partial charge in [-0.25, -0.2) is 28.8 Å². The van der Waals surface area contributed by atoms with Gasteiger partial charge < -0.3 is 20.8 Å². The number of benzene rings is 1. The number of pyridine rings is 1. The fourth-order valence-corrected chi connectivity index (χ4v) is 2.52. The van der Waals surface area contributed by atoms with Crippen molar-refractivity contribution in [2.75, 3.05) is 16.2 Å². The monoisotopic (exact) mass is 400 g/mol. The Kier molecular flexibility index (Phi) is 5.45. The summed E-state index contributed by atoms with van der Waals surface area (Å²) < 4.78 is 1.06. The molecule has 0 saturated carbocycles. The maximum absolute atomic E-state index is 11.9. The third kappa shape index (κ3) is 4.04. The average molecular weight is 400 g/mol. The molecular weight excluding hydrogens is 384 g/mol. The number of aromatic nitrogens is 3. The van der Waals surface area contributed by atoms with Crippen molar-refractivity contribution in [2.45, 2.75) is 6.92 Å². The summed E-state index contributed by atoms with van der Waals surface area (Å²) in [5, 5.41) is 24.3. The number of carbonyl (C=O) groups excluding carboxylic acids is 1. The molecule has 0 aliphatic heterocycles. The molecular formula is C17H16N6O4S. The van der Waals surface area contributed by atoms with E-state index in [2.05, 4.69) is 38.4 Å². The first-order chi connectivity index (χ1) is 13.4. The number of carboxylic acids is 1. The fraction of sp³-hybridized carbons (Fsp3) is 0.118. The Bertz CT molecular complexity index is 1060. The lowest BCUT2D eigenvalue weighted by atomic mass is 10.2. The topological polar surface area (TPSA) is 141 Å². The molecule has 0 aliphatic rings. The van der Waals surface area contributed by atoms with Crippen molar-refractivity contribution in [1.29, 1.82) is 0 Å². The predicted molar refractivity (Wildman–Crippen MR) is 106 cm³/mol. The van der Waals surface area contributed by atoms with Gasteiger partial charge >= 0.3 is 12.0 Å². The smallest absolute Gasteiger partial charge is 0.339 e. The molecule has 2 aromatic heterocycles. The summed E-state index contributed by atoms with van der Waals surface area (Å²) in [6.45, 7) is 2.24. The number of nitrogens with one attached hydrogen (secondary N) is 2. The minimum atomic E-state index is -1.23. The Labute approximate surface area is 164 Å². The minimum absolute atomic E-state index is 0.208. The number of aromatic carboxylic acids is 1. The first-order valence-corrected chi connectivity index (χ1v) is 8.53. The Hall–Kier alpha value is -3.60. The van der Waals surface area contributed by atoms with E-state index >= 15 is 0 Å². The number of aromatic hydroxyl groups is 1. The van der Waals surface area contributed by atoms with Gasteiger partial charge in [0.1, 0.15) is 22.6 Å². The normalized spacial score (nSPS) is 10.5. The van der Waals surface area contributed by atoms with Crippen LogP contribution >= 0.6 is 12.8 Å². The molecule has 2 heterocycles. The number of carbonyl (C=O) groups is 2. The third-order valence-corrected chi connectivity index (χ3v) is 4.02. The summed E-state index contributed by atoms with van der Waals surface area (Å²) in [4.78, 5) is 35.7. The van der Waals surface area contributed by atoms with Crippen LogP contribution < -0.4 is 14.9 Å². The van der Waals surface area contributed by atoms with E-state index in [1.54, 1.807) is 19.1 Å². The van der Waals surface area contributed by atoms with Crippen molar-refractivity contribution in [3.8, 4) is 5.75 Å². The van der Waals surface area contributed by atoms with Crippen molar-refractivity contribution in [1.82, 2.24) is 20.3 Å². The Morgan fingerprint density at radius 2 is 2.00 bits per heavy atom. The number of fused-ring (bicyclic) bond motifs is 1. The van der Waals surface area contributed by atoms with Gasteiger partial charge in [-0.05, 0) is 31.2 Å². The molecule has 28 heavy (non-hydrogen) atoms. The van der Waals surface area contributed by atoms with Crippen LogP contribution in [0.3, 0.4) is 0 Å². The second-order valence-electron chi connectivity index (χ2n) is 5.58. The molecule has 0 atom stereocenters. The number of hydrogen-bond donors (Lipinski definition) is 5. The van der Waals surface area contributed by atoms with E-state index in [0.717, 1.165) is 4.31 Å². The fourth-order valence-electron chi connectivity index (χ4n) is 2.33. The van der Waals surface area contributed by atoms with Gasteiger partial charge in [0.25, 0.3) is 0 Å². The molecule has 0 aliphatic carbocycles. The molecule has 4 N–H and O–H groups in total. The third-order valence-electron chi connectivity index (χ3n) is 3.63. The van der Waals surface area contributed by atoms with Gasteiger partial charge in [-0.15, -0.1) is 0 Å². The van der Waals surface area contributed by atoms with Gasteiger partial charge in [-0.3, -0.25) is 0 Å². The second-order valence-corrected chi connectivity index (χ2v) is 5.98. The lowest BCUT2D eigenvalue weighted by Crippen LogP contribution is -2.34. The first-order valence-electron chi connectivity index (χ1n) is 8.13. The highest BCUT2D eigenvalue weighted by atomic mass is 32.1. The standard InChI is InChI=1S/C17H16N6O4S/c1-2-18-17(27)23(28)14-6-5-11-15(22-14)21-13(8-19-11)20-9-3-4-10(16(25)26)12(24)7-9/h3-8,24,28H,2H2,1H3,(H,18,27)(H,25,26)(H,20,21,22). The van der Waals surface area contributed by atoms with E-state index in [4.69, 9.17) is 5.11 Å². The summed E-state index contributed by atoms with van der Waals surface area (Å²) in [7, 11) is 0. The summed E-state index contributed by atoms with van der Waals surface area (Å²) >= 11 is 4.14. The van der Waals surface area contributed by atoms with Crippen molar-refractivity contribution < 1.29 is 19.8 Å². The molecule has 0 bridgehead atoms. The van der Waals surface area contributed by atoms with Crippen molar-refractivity contribution in [3.63, 3.8) is 0 Å². The summed E-state index contributed by atoms with van der Waals surface area (Å²) in [5.74, 6) is -1.01. The lowest BCUT2D eigenvalue weighted by Gasteiger charge is -2.15. The molecule has 0 spiro atoms. The van der Waals surface area contributed by atoms with E-state index in [0.29, 0.717) is 23.6 Å². The number of anilines is 3. The summed E-state index contributed by atoms with van der Waals surface area (Å²) in [6, 6.07) is 6.86. The van der Waals surface area contributed by atoms with Crippen molar-refractivity contribution in [3.05, 3.63) is 42.1 Å². The van der Waals surface area contributed by atoms with Crippen LogP contribution in [0.2, 0.25) is 0 Å². The zero-order valence-electron chi connectivity index (χ0n) is 14.6. The van der Waals surface area contributed by atoms with Crippen LogP contribution in [0.25, 0.3) is 11.2 Å². The van der Waals surface area contributed by atoms with Gasteiger partial charge in [0.05, 0.1) is 6.20 Å². The van der Waals surface area contributed by atoms with Gasteiger partial charge in [-0.2, -0.15) is 0 Å². The first kappa shape index (κ1) is 19.2. The van der Waals surface area contributed by atoms with Crippen LogP contribution in [0.4, 0.5) is 22.1 Å². The molecule has 3 aromatic rings. The van der Waals surface area contributed by atoms with E-state index < -0.39 is 12.0 Å². The van der Waals surface area contributed by atoms with Gasteiger partial charge in [0, 0.05) is 18.3 Å².